The fourth-order valence-electron chi connectivity index (χ4n) is 6.11. The molecule has 0 aliphatic rings. The number of esters is 3. The molecule has 0 aromatic rings. The molecule has 0 amide bonds. The molecule has 0 saturated heterocycles. The van der Waals surface area contributed by atoms with Crippen molar-refractivity contribution in [1.82, 2.24) is 0 Å². The van der Waals surface area contributed by atoms with Gasteiger partial charge in [-0.05, 0) is 116 Å². The quantitative estimate of drug-likeness (QED) is 0.0264. The highest BCUT2D eigenvalue weighted by molar-refractivity contribution is 5.71. The lowest BCUT2D eigenvalue weighted by Gasteiger charge is -2.18. The van der Waals surface area contributed by atoms with Crippen LogP contribution >= 0.6 is 0 Å². The van der Waals surface area contributed by atoms with Crippen LogP contribution in [0.15, 0.2) is 109 Å². The summed E-state index contributed by atoms with van der Waals surface area (Å²) < 4.78 is 16.7. The summed E-state index contributed by atoms with van der Waals surface area (Å²) in [5.41, 5.74) is 0. The standard InChI is InChI=1S/C55H88O6/c1-4-7-10-13-16-19-22-24-26-27-28-29-30-32-33-36-39-42-45-48-54(57)60-51-52(50-59-53(56)47-44-41-38-35-21-18-15-12-9-6-3)61-55(58)49-46-43-40-37-34-31-25-23-20-17-14-11-8-5-2/h7-8,10-11,15-20,24-26,28-29,31-33,52H,4-6,9,12-14,21-23,27,30,34-51H2,1-3H3/b10-7-,11-8-,18-15-,19-16-,20-17-,26-24-,29-28-,31-25-,33-32-. The van der Waals surface area contributed by atoms with Gasteiger partial charge < -0.3 is 14.2 Å². The number of ether oxygens (including phenoxy) is 3. The molecule has 0 spiro atoms. The molecule has 0 saturated carbocycles. The predicted molar refractivity (Wildman–Crippen MR) is 260 cm³/mol. The molecular formula is C55H88O6. The lowest BCUT2D eigenvalue weighted by molar-refractivity contribution is -0.167. The number of carbonyl (C=O) groups excluding carboxylic acids is 3. The Hall–Kier alpha value is -3.93. The molecule has 0 radical (unpaired) electrons. The first-order chi connectivity index (χ1) is 30.0. The van der Waals surface area contributed by atoms with Crippen molar-refractivity contribution >= 4 is 17.9 Å². The first-order valence-electron chi connectivity index (χ1n) is 24.4. The van der Waals surface area contributed by atoms with Crippen LogP contribution in [0.4, 0.5) is 0 Å². The summed E-state index contributed by atoms with van der Waals surface area (Å²) >= 11 is 0. The molecule has 6 heteroatoms. The molecule has 1 unspecified atom stereocenters. The SMILES string of the molecule is CC/C=C\C/C=C\C/C=C\C/C=C\C/C=C\CCCCCC(=O)OCC(COC(=O)CCCCCC/C=C\CCCC)OC(=O)CCCCCC/C=C\C/C=C\C/C=C\CC. The monoisotopic (exact) mass is 845 g/mol. The highest BCUT2D eigenvalue weighted by Gasteiger charge is 2.19. The van der Waals surface area contributed by atoms with Crippen LogP contribution in [0, 0.1) is 0 Å². The summed E-state index contributed by atoms with van der Waals surface area (Å²) in [4.78, 5) is 37.8. The summed E-state index contributed by atoms with van der Waals surface area (Å²) in [6.45, 7) is 6.28. The van der Waals surface area contributed by atoms with E-state index in [4.69, 9.17) is 14.2 Å². The summed E-state index contributed by atoms with van der Waals surface area (Å²) in [5, 5.41) is 0. The molecular weight excluding hydrogens is 757 g/mol. The molecule has 0 bridgehead atoms. The fourth-order valence-corrected chi connectivity index (χ4v) is 6.11. The van der Waals surface area contributed by atoms with Gasteiger partial charge >= 0.3 is 17.9 Å². The molecule has 0 aliphatic heterocycles. The van der Waals surface area contributed by atoms with E-state index in [9.17, 15) is 14.4 Å². The second kappa shape index (κ2) is 48.7. The second-order valence-corrected chi connectivity index (χ2v) is 15.6. The number of unbranched alkanes of at least 4 members (excludes halogenated alkanes) is 13. The van der Waals surface area contributed by atoms with Gasteiger partial charge in [-0.25, -0.2) is 0 Å². The lowest BCUT2D eigenvalue weighted by atomic mass is 10.1. The third-order valence-corrected chi connectivity index (χ3v) is 9.74. The summed E-state index contributed by atoms with van der Waals surface area (Å²) in [7, 11) is 0. The minimum atomic E-state index is -0.808. The Bertz CT molecular complexity index is 1290. The smallest absolute Gasteiger partial charge is 0.306 e. The Morgan fingerprint density at radius 2 is 0.639 bits per heavy atom. The van der Waals surface area contributed by atoms with Crippen LogP contribution in [0.25, 0.3) is 0 Å². The molecule has 0 aromatic carbocycles. The molecule has 0 heterocycles. The van der Waals surface area contributed by atoms with Gasteiger partial charge in [0.1, 0.15) is 13.2 Å². The number of carbonyl (C=O) groups is 3. The van der Waals surface area contributed by atoms with E-state index in [1.165, 1.54) is 12.8 Å². The van der Waals surface area contributed by atoms with Crippen LogP contribution < -0.4 is 0 Å². The normalized spacial score (nSPS) is 13.0. The molecule has 0 aromatic heterocycles. The maximum Gasteiger partial charge on any atom is 0.306 e. The summed E-state index contributed by atoms with van der Waals surface area (Å²) in [6.07, 6.45) is 65.0. The highest BCUT2D eigenvalue weighted by Crippen LogP contribution is 2.12. The van der Waals surface area contributed by atoms with E-state index >= 15 is 0 Å². The van der Waals surface area contributed by atoms with E-state index in [2.05, 4.69) is 130 Å². The fraction of sp³-hybridized carbons (Fsp3) is 0.618. The highest BCUT2D eigenvalue weighted by atomic mass is 16.6. The van der Waals surface area contributed by atoms with Crippen LogP contribution in [-0.2, 0) is 28.6 Å². The Morgan fingerprint density at radius 3 is 1.02 bits per heavy atom. The lowest BCUT2D eigenvalue weighted by Crippen LogP contribution is -2.30. The Morgan fingerprint density at radius 1 is 0.344 bits per heavy atom. The van der Waals surface area contributed by atoms with Crippen LogP contribution in [0.5, 0.6) is 0 Å². The zero-order chi connectivity index (χ0) is 44.4. The zero-order valence-electron chi connectivity index (χ0n) is 39.1. The van der Waals surface area contributed by atoms with Crippen molar-refractivity contribution in [3.05, 3.63) is 109 Å². The van der Waals surface area contributed by atoms with E-state index in [0.29, 0.717) is 12.8 Å². The minimum Gasteiger partial charge on any atom is -0.462 e. The van der Waals surface area contributed by atoms with Crippen LogP contribution in [-0.4, -0.2) is 37.2 Å². The van der Waals surface area contributed by atoms with Crippen LogP contribution in [0.2, 0.25) is 0 Å². The van der Waals surface area contributed by atoms with Gasteiger partial charge in [0.2, 0.25) is 0 Å². The van der Waals surface area contributed by atoms with E-state index in [0.717, 1.165) is 148 Å². The molecule has 0 aliphatic carbocycles. The van der Waals surface area contributed by atoms with E-state index in [1.54, 1.807) is 0 Å². The third-order valence-electron chi connectivity index (χ3n) is 9.74. The molecule has 0 N–H and O–H groups in total. The summed E-state index contributed by atoms with van der Waals surface area (Å²) in [5.74, 6) is -0.985. The van der Waals surface area contributed by atoms with Crippen molar-refractivity contribution in [3.8, 4) is 0 Å². The summed E-state index contributed by atoms with van der Waals surface area (Å²) in [6, 6.07) is 0. The number of allylic oxidation sites excluding steroid dienone is 18. The van der Waals surface area contributed by atoms with Crippen LogP contribution in [0.1, 0.15) is 201 Å². The average molecular weight is 845 g/mol. The van der Waals surface area contributed by atoms with E-state index < -0.39 is 6.10 Å². The minimum absolute atomic E-state index is 0.107. The van der Waals surface area contributed by atoms with Gasteiger partial charge in [0.25, 0.3) is 0 Å². The molecule has 0 fully saturated rings. The zero-order valence-corrected chi connectivity index (χ0v) is 39.1. The van der Waals surface area contributed by atoms with Gasteiger partial charge in [0.05, 0.1) is 0 Å². The van der Waals surface area contributed by atoms with E-state index in [1.807, 2.05) is 0 Å². The largest absolute Gasteiger partial charge is 0.462 e. The Labute approximate surface area is 374 Å². The van der Waals surface area contributed by atoms with Crippen molar-refractivity contribution in [1.29, 1.82) is 0 Å². The maximum absolute atomic E-state index is 12.7. The first-order valence-corrected chi connectivity index (χ1v) is 24.4. The third kappa shape index (κ3) is 47.0. The Balaban J connectivity index is 4.48. The van der Waals surface area contributed by atoms with Crippen molar-refractivity contribution in [3.63, 3.8) is 0 Å². The average Bonchev–Trinajstić information content (AvgIpc) is 3.26. The first kappa shape index (κ1) is 57.1. The van der Waals surface area contributed by atoms with Gasteiger partial charge in [-0.1, -0.05) is 175 Å². The molecule has 61 heavy (non-hydrogen) atoms. The molecule has 344 valence electrons. The second-order valence-electron chi connectivity index (χ2n) is 15.6. The van der Waals surface area contributed by atoms with E-state index in [-0.39, 0.29) is 37.5 Å². The number of hydrogen-bond donors (Lipinski definition) is 0. The van der Waals surface area contributed by atoms with Crippen LogP contribution in [0.3, 0.4) is 0 Å². The van der Waals surface area contributed by atoms with Crippen molar-refractivity contribution < 1.29 is 28.6 Å². The Kier molecular flexibility index (Phi) is 45.6. The number of rotatable bonds is 42. The van der Waals surface area contributed by atoms with Crippen molar-refractivity contribution in [2.75, 3.05) is 13.2 Å². The van der Waals surface area contributed by atoms with Gasteiger partial charge in [-0.3, -0.25) is 14.4 Å². The molecule has 0 rings (SSSR count). The molecule has 1 atom stereocenters. The van der Waals surface area contributed by atoms with Crippen molar-refractivity contribution in [2.45, 2.75) is 207 Å². The number of hydrogen-bond acceptors (Lipinski definition) is 6. The van der Waals surface area contributed by atoms with Gasteiger partial charge in [-0.15, -0.1) is 0 Å². The van der Waals surface area contributed by atoms with Gasteiger partial charge in [0.15, 0.2) is 6.10 Å². The predicted octanol–water partition coefficient (Wildman–Crippen LogP) is 16.0. The van der Waals surface area contributed by atoms with Gasteiger partial charge in [-0.2, -0.15) is 0 Å². The molecule has 6 nitrogen and oxygen atoms in total. The van der Waals surface area contributed by atoms with Gasteiger partial charge in [0, 0.05) is 19.3 Å². The topological polar surface area (TPSA) is 78.9 Å². The van der Waals surface area contributed by atoms with Crippen molar-refractivity contribution in [2.24, 2.45) is 0 Å². The maximum atomic E-state index is 12.7.